The van der Waals surface area contributed by atoms with E-state index in [-0.39, 0.29) is 0 Å². The van der Waals surface area contributed by atoms with Crippen LogP contribution in [0.2, 0.25) is 0 Å². The van der Waals surface area contributed by atoms with Gasteiger partial charge in [0.25, 0.3) is 0 Å². The maximum Gasteiger partial charge on any atom is 0.226 e. The van der Waals surface area contributed by atoms with Gasteiger partial charge in [0.2, 0.25) is 5.89 Å². The number of morpholine rings is 1. The molecular weight excluding hydrogens is 284 g/mol. The minimum Gasteiger partial charge on any atom is -0.378 e. The quantitative estimate of drug-likeness (QED) is 0.792. The third kappa shape index (κ3) is 3.91. The van der Waals surface area contributed by atoms with Crippen molar-refractivity contribution in [2.24, 2.45) is 0 Å². The molecular formula is C14H20N6O2. The lowest BCUT2D eigenvalue weighted by atomic mass is 10.3. The maximum absolute atomic E-state index is 5.35. The third-order valence-corrected chi connectivity index (χ3v) is 3.43. The molecule has 2 aromatic heterocycles. The van der Waals surface area contributed by atoms with Crippen molar-refractivity contribution in [3.05, 3.63) is 24.1 Å². The molecule has 1 saturated heterocycles. The number of aromatic nitrogens is 4. The molecule has 0 aliphatic carbocycles. The molecule has 1 N–H and O–H groups in total. The minimum atomic E-state index is 0.675. The molecule has 22 heavy (non-hydrogen) atoms. The molecule has 0 aromatic carbocycles. The zero-order valence-corrected chi connectivity index (χ0v) is 12.7. The summed E-state index contributed by atoms with van der Waals surface area (Å²) in [5.74, 6) is 3.12. The van der Waals surface area contributed by atoms with Crippen LogP contribution in [0.25, 0.3) is 0 Å². The predicted octanol–water partition coefficient (Wildman–Crippen LogP) is 1.05. The summed E-state index contributed by atoms with van der Waals surface area (Å²) in [6.45, 7) is 5.84. The van der Waals surface area contributed by atoms with Crippen LogP contribution < -0.4 is 10.2 Å². The Balaban J connectivity index is 1.47. The molecule has 1 aliphatic heterocycles. The highest BCUT2D eigenvalue weighted by atomic mass is 16.5. The highest BCUT2D eigenvalue weighted by molar-refractivity contribution is 5.48. The molecule has 8 nitrogen and oxygen atoms in total. The Morgan fingerprint density at radius 3 is 2.91 bits per heavy atom. The number of nitrogens with one attached hydrogen (secondary N) is 1. The van der Waals surface area contributed by atoms with Gasteiger partial charge >= 0.3 is 0 Å². The lowest BCUT2D eigenvalue weighted by molar-refractivity contribution is 0.122. The maximum atomic E-state index is 5.35. The summed E-state index contributed by atoms with van der Waals surface area (Å²) in [5.41, 5.74) is 0. The van der Waals surface area contributed by atoms with Gasteiger partial charge in [-0.25, -0.2) is 9.97 Å². The molecule has 0 atom stereocenters. The van der Waals surface area contributed by atoms with E-state index in [2.05, 4.69) is 30.3 Å². The monoisotopic (exact) mass is 304 g/mol. The van der Waals surface area contributed by atoms with Crippen molar-refractivity contribution in [3.63, 3.8) is 0 Å². The van der Waals surface area contributed by atoms with E-state index in [0.717, 1.165) is 57.3 Å². The molecule has 8 heteroatoms. The number of hydrogen-bond donors (Lipinski definition) is 1. The van der Waals surface area contributed by atoms with Gasteiger partial charge in [-0.2, -0.15) is 4.98 Å². The second kappa shape index (κ2) is 7.17. The van der Waals surface area contributed by atoms with Gasteiger partial charge in [0.1, 0.15) is 18.0 Å². The van der Waals surface area contributed by atoms with Crippen LogP contribution in [0.5, 0.6) is 0 Å². The number of hydrogen-bond acceptors (Lipinski definition) is 8. The first-order chi connectivity index (χ1) is 10.8. The van der Waals surface area contributed by atoms with Gasteiger partial charge in [-0.3, -0.25) is 0 Å². The van der Waals surface area contributed by atoms with Crippen LogP contribution in [0.3, 0.4) is 0 Å². The SMILES string of the molecule is Cc1noc(CCCNc2cc(N3CCOCC3)ncn2)n1. The van der Waals surface area contributed by atoms with E-state index in [0.29, 0.717) is 11.7 Å². The standard InChI is InChI=1S/C14H20N6O2/c1-11-18-14(22-19-11)3-2-4-15-12-9-13(17-10-16-12)20-5-7-21-8-6-20/h9-10H,2-8H2,1H3,(H,15,16,17). The van der Waals surface area contributed by atoms with E-state index in [9.17, 15) is 0 Å². The van der Waals surface area contributed by atoms with Crippen molar-refractivity contribution in [1.29, 1.82) is 0 Å². The fourth-order valence-electron chi connectivity index (χ4n) is 2.31. The van der Waals surface area contributed by atoms with Crippen LogP contribution >= 0.6 is 0 Å². The number of aryl methyl sites for hydroxylation is 2. The Hall–Kier alpha value is -2.22. The van der Waals surface area contributed by atoms with Crippen molar-refractivity contribution < 1.29 is 9.26 Å². The Kier molecular flexibility index (Phi) is 4.79. The van der Waals surface area contributed by atoms with Gasteiger partial charge in [0, 0.05) is 32.1 Å². The van der Waals surface area contributed by atoms with Gasteiger partial charge < -0.3 is 19.5 Å². The van der Waals surface area contributed by atoms with Gasteiger partial charge in [0.15, 0.2) is 5.82 Å². The lowest BCUT2D eigenvalue weighted by Gasteiger charge is -2.27. The fourth-order valence-corrected chi connectivity index (χ4v) is 2.31. The van der Waals surface area contributed by atoms with E-state index >= 15 is 0 Å². The zero-order chi connectivity index (χ0) is 15.2. The Morgan fingerprint density at radius 1 is 1.27 bits per heavy atom. The third-order valence-electron chi connectivity index (χ3n) is 3.43. The average Bonchev–Trinajstić information content (AvgIpc) is 2.98. The van der Waals surface area contributed by atoms with E-state index in [1.54, 1.807) is 6.33 Å². The second-order valence-electron chi connectivity index (χ2n) is 5.13. The molecule has 0 bridgehead atoms. The first-order valence-corrected chi connectivity index (χ1v) is 7.49. The molecule has 0 amide bonds. The largest absolute Gasteiger partial charge is 0.378 e. The van der Waals surface area contributed by atoms with Crippen LogP contribution in [0.15, 0.2) is 16.9 Å². The summed E-state index contributed by atoms with van der Waals surface area (Å²) in [6, 6.07) is 1.97. The molecule has 3 heterocycles. The molecule has 0 saturated carbocycles. The summed E-state index contributed by atoms with van der Waals surface area (Å²) in [6.07, 6.45) is 3.25. The highest BCUT2D eigenvalue weighted by Gasteiger charge is 2.12. The molecule has 1 fully saturated rings. The molecule has 1 aliphatic rings. The number of nitrogens with zero attached hydrogens (tertiary/aromatic N) is 5. The topological polar surface area (TPSA) is 89.2 Å². The van der Waals surface area contributed by atoms with Gasteiger partial charge in [-0.05, 0) is 13.3 Å². The zero-order valence-electron chi connectivity index (χ0n) is 12.7. The molecule has 118 valence electrons. The van der Waals surface area contributed by atoms with Gasteiger partial charge in [-0.15, -0.1) is 0 Å². The van der Waals surface area contributed by atoms with Crippen molar-refractivity contribution in [1.82, 2.24) is 20.1 Å². The first kappa shape index (κ1) is 14.7. The van der Waals surface area contributed by atoms with Crippen molar-refractivity contribution in [3.8, 4) is 0 Å². The summed E-state index contributed by atoms with van der Waals surface area (Å²) in [5, 5.41) is 7.08. The van der Waals surface area contributed by atoms with Crippen LogP contribution in [0, 0.1) is 6.92 Å². The van der Waals surface area contributed by atoms with Crippen LogP contribution in [0.4, 0.5) is 11.6 Å². The van der Waals surface area contributed by atoms with Crippen LogP contribution in [0.1, 0.15) is 18.1 Å². The molecule has 0 radical (unpaired) electrons. The van der Waals surface area contributed by atoms with Crippen LogP contribution in [-0.2, 0) is 11.2 Å². The molecule has 3 rings (SSSR count). The highest BCUT2D eigenvalue weighted by Crippen LogP contribution is 2.15. The normalized spacial score (nSPS) is 15.0. The molecule has 0 unspecified atom stereocenters. The Morgan fingerprint density at radius 2 is 2.14 bits per heavy atom. The number of rotatable bonds is 6. The molecule has 2 aromatic rings. The van der Waals surface area contributed by atoms with Gasteiger partial charge in [-0.1, -0.05) is 5.16 Å². The second-order valence-corrected chi connectivity index (χ2v) is 5.13. The van der Waals surface area contributed by atoms with Crippen molar-refractivity contribution in [2.75, 3.05) is 43.1 Å². The van der Waals surface area contributed by atoms with E-state index in [4.69, 9.17) is 9.26 Å². The van der Waals surface area contributed by atoms with E-state index in [1.807, 2.05) is 13.0 Å². The Labute approximate surface area is 128 Å². The fraction of sp³-hybridized carbons (Fsp3) is 0.571. The summed E-state index contributed by atoms with van der Waals surface area (Å²) in [4.78, 5) is 15.0. The minimum absolute atomic E-state index is 0.675. The number of ether oxygens (including phenoxy) is 1. The molecule has 0 spiro atoms. The summed E-state index contributed by atoms with van der Waals surface area (Å²) in [7, 11) is 0. The van der Waals surface area contributed by atoms with Crippen molar-refractivity contribution in [2.45, 2.75) is 19.8 Å². The van der Waals surface area contributed by atoms with Crippen molar-refractivity contribution >= 4 is 11.6 Å². The van der Waals surface area contributed by atoms with E-state index < -0.39 is 0 Å². The summed E-state index contributed by atoms with van der Waals surface area (Å²) < 4.78 is 10.4. The first-order valence-electron chi connectivity index (χ1n) is 7.49. The van der Waals surface area contributed by atoms with E-state index in [1.165, 1.54) is 0 Å². The Bertz CT molecular complexity index is 597. The smallest absolute Gasteiger partial charge is 0.226 e. The lowest BCUT2D eigenvalue weighted by Crippen LogP contribution is -2.36. The number of anilines is 2. The van der Waals surface area contributed by atoms with Crippen LogP contribution in [-0.4, -0.2) is 53.0 Å². The predicted molar refractivity (Wildman–Crippen MR) is 80.9 cm³/mol. The summed E-state index contributed by atoms with van der Waals surface area (Å²) >= 11 is 0. The average molecular weight is 304 g/mol. The van der Waals surface area contributed by atoms with Gasteiger partial charge in [0.05, 0.1) is 13.2 Å².